The standard InChI is InChI=1S/C24H22O2/c1-25-23-14-12-19(13-15-23)20-16-17-24(26-18-20,21-8-4-2-5-9-21)22-10-6-3-7-11-22/h2-15,18H,16-17H2,1H3. The molecule has 0 unspecified atom stereocenters. The summed E-state index contributed by atoms with van der Waals surface area (Å²) in [7, 11) is 1.69. The first kappa shape index (κ1) is 16.5. The second-order valence-electron chi connectivity index (χ2n) is 6.55. The lowest BCUT2D eigenvalue weighted by Gasteiger charge is -2.38. The number of hydrogen-bond acceptors (Lipinski definition) is 2. The van der Waals surface area contributed by atoms with Gasteiger partial charge in [0.25, 0.3) is 0 Å². The van der Waals surface area contributed by atoms with Gasteiger partial charge in [0.1, 0.15) is 5.75 Å². The van der Waals surface area contributed by atoms with Crippen molar-refractivity contribution in [1.29, 1.82) is 0 Å². The van der Waals surface area contributed by atoms with Gasteiger partial charge in [-0.1, -0.05) is 72.8 Å². The molecule has 1 aliphatic heterocycles. The van der Waals surface area contributed by atoms with Crippen LogP contribution in [0.4, 0.5) is 0 Å². The summed E-state index contributed by atoms with van der Waals surface area (Å²) in [5.41, 5.74) is 4.35. The third-order valence-electron chi connectivity index (χ3n) is 5.09. The maximum atomic E-state index is 6.47. The molecule has 3 aromatic rings. The lowest BCUT2D eigenvalue weighted by Crippen LogP contribution is -2.32. The van der Waals surface area contributed by atoms with Crippen LogP contribution in [0.15, 0.2) is 91.2 Å². The predicted octanol–water partition coefficient (Wildman–Crippen LogP) is 5.79. The molecule has 3 aromatic carbocycles. The van der Waals surface area contributed by atoms with Gasteiger partial charge in [0, 0.05) is 0 Å². The Morgan fingerprint density at radius 1 is 0.769 bits per heavy atom. The van der Waals surface area contributed by atoms with Gasteiger partial charge in [0.15, 0.2) is 5.60 Å². The van der Waals surface area contributed by atoms with E-state index in [2.05, 4.69) is 60.7 Å². The lowest BCUT2D eigenvalue weighted by molar-refractivity contribution is 0.0420. The summed E-state index contributed by atoms with van der Waals surface area (Å²) >= 11 is 0. The number of benzene rings is 3. The number of methoxy groups -OCH3 is 1. The fourth-order valence-corrected chi connectivity index (χ4v) is 3.62. The van der Waals surface area contributed by atoms with E-state index in [0.29, 0.717) is 0 Å². The van der Waals surface area contributed by atoms with E-state index in [9.17, 15) is 0 Å². The minimum Gasteiger partial charge on any atom is -0.497 e. The molecule has 0 radical (unpaired) electrons. The Kier molecular flexibility index (Phi) is 4.49. The summed E-state index contributed by atoms with van der Waals surface area (Å²) in [5, 5.41) is 0. The molecule has 0 saturated carbocycles. The second kappa shape index (κ2) is 7.09. The molecule has 2 heteroatoms. The van der Waals surface area contributed by atoms with Gasteiger partial charge < -0.3 is 9.47 Å². The van der Waals surface area contributed by atoms with Crippen molar-refractivity contribution in [1.82, 2.24) is 0 Å². The van der Waals surface area contributed by atoms with Gasteiger partial charge in [-0.15, -0.1) is 0 Å². The molecule has 0 fully saturated rings. The molecular weight excluding hydrogens is 320 g/mol. The van der Waals surface area contributed by atoms with E-state index >= 15 is 0 Å². The van der Waals surface area contributed by atoms with E-state index in [1.165, 1.54) is 22.3 Å². The molecule has 0 N–H and O–H groups in total. The van der Waals surface area contributed by atoms with Crippen LogP contribution in [0.3, 0.4) is 0 Å². The van der Waals surface area contributed by atoms with Crippen LogP contribution in [0.5, 0.6) is 5.75 Å². The third-order valence-corrected chi connectivity index (χ3v) is 5.09. The minimum absolute atomic E-state index is 0.432. The molecular formula is C24H22O2. The van der Waals surface area contributed by atoms with Gasteiger partial charge in [0.05, 0.1) is 13.4 Å². The van der Waals surface area contributed by atoms with Gasteiger partial charge in [-0.2, -0.15) is 0 Å². The summed E-state index contributed by atoms with van der Waals surface area (Å²) < 4.78 is 11.7. The minimum atomic E-state index is -0.432. The first-order chi connectivity index (χ1) is 12.8. The Balaban J connectivity index is 1.71. The molecule has 0 aliphatic carbocycles. The zero-order valence-electron chi connectivity index (χ0n) is 14.9. The molecule has 0 atom stereocenters. The van der Waals surface area contributed by atoms with Crippen LogP contribution in [-0.4, -0.2) is 7.11 Å². The number of allylic oxidation sites excluding steroid dienone is 1. The van der Waals surface area contributed by atoms with E-state index in [-0.39, 0.29) is 0 Å². The van der Waals surface area contributed by atoms with Crippen molar-refractivity contribution in [2.75, 3.05) is 7.11 Å². The van der Waals surface area contributed by atoms with Crippen LogP contribution in [0, 0.1) is 0 Å². The Bertz CT molecular complexity index is 841. The van der Waals surface area contributed by atoms with Crippen molar-refractivity contribution in [3.8, 4) is 5.75 Å². The Labute approximate surface area is 154 Å². The molecule has 0 saturated heterocycles. The van der Waals surface area contributed by atoms with Gasteiger partial charge in [-0.25, -0.2) is 0 Å². The average molecular weight is 342 g/mol. The largest absolute Gasteiger partial charge is 0.497 e. The SMILES string of the molecule is COc1ccc(C2=COC(c3ccccc3)(c3ccccc3)CC2)cc1. The van der Waals surface area contributed by atoms with Crippen molar-refractivity contribution < 1.29 is 9.47 Å². The van der Waals surface area contributed by atoms with Crippen LogP contribution in [0.2, 0.25) is 0 Å². The first-order valence-electron chi connectivity index (χ1n) is 8.94. The molecule has 0 amide bonds. The summed E-state index contributed by atoms with van der Waals surface area (Å²) in [6.07, 6.45) is 3.79. The lowest BCUT2D eigenvalue weighted by atomic mass is 9.79. The summed E-state index contributed by atoms with van der Waals surface area (Å²) in [5.74, 6) is 0.869. The Hall–Kier alpha value is -3.00. The maximum Gasteiger partial charge on any atom is 0.158 e. The summed E-state index contributed by atoms with van der Waals surface area (Å²) in [4.78, 5) is 0. The van der Waals surface area contributed by atoms with E-state index < -0.39 is 5.60 Å². The van der Waals surface area contributed by atoms with E-state index in [0.717, 1.165) is 18.6 Å². The number of hydrogen-bond donors (Lipinski definition) is 0. The van der Waals surface area contributed by atoms with Crippen molar-refractivity contribution in [3.05, 3.63) is 108 Å². The van der Waals surface area contributed by atoms with E-state index in [4.69, 9.17) is 9.47 Å². The van der Waals surface area contributed by atoms with Crippen molar-refractivity contribution in [3.63, 3.8) is 0 Å². The first-order valence-corrected chi connectivity index (χ1v) is 8.94. The fraction of sp³-hybridized carbons (Fsp3) is 0.167. The molecule has 4 rings (SSSR count). The Morgan fingerprint density at radius 2 is 1.35 bits per heavy atom. The highest BCUT2D eigenvalue weighted by Crippen LogP contribution is 2.44. The van der Waals surface area contributed by atoms with E-state index in [1.807, 2.05) is 30.5 Å². The molecule has 2 nitrogen and oxygen atoms in total. The van der Waals surface area contributed by atoms with Crippen molar-refractivity contribution in [2.45, 2.75) is 18.4 Å². The van der Waals surface area contributed by atoms with Gasteiger partial charge >= 0.3 is 0 Å². The normalized spacial score (nSPS) is 15.7. The van der Waals surface area contributed by atoms with Crippen LogP contribution in [-0.2, 0) is 10.3 Å². The summed E-state index contributed by atoms with van der Waals surface area (Å²) in [6.45, 7) is 0. The molecule has 0 bridgehead atoms. The quantitative estimate of drug-likeness (QED) is 0.597. The molecule has 1 heterocycles. The fourth-order valence-electron chi connectivity index (χ4n) is 3.62. The van der Waals surface area contributed by atoms with Gasteiger partial charge in [-0.05, 0) is 47.2 Å². The number of ether oxygens (including phenoxy) is 2. The third kappa shape index (κ3) is 2.99. The van der Waals surface area contributed by atoms with Gasteiger partial charge in [0.2, 0.25) is 0 Å². The van der Waals surface area contributed by atoms with Crippen molar-refractivity contribution in [2.24, 2.45) is 0 Å². The van der Waals surface area contributed by atoms with Crippen LogP contribution in [0.25, 0.3) is 5.57 Å². The Morgan fingerprint density at radius 3 is 1.81 bits per heavy atom. The highest BCUT2D eigenvalue weighted by atomic mass is 16.5. The van der Waals surface area contributed by atoms with E-state index in [1.54, 1.807) is 7.11 Å². The molecule has 1 aliphatic rings. The monoisotopic (exact) mass is 342 g/mol. The predicted molar refractivity (Wildman–Crippen MR) is 105 cm³/mol. The molecule has 130 valence electrons. The molecule has 26 heavy (non-hydrogen) atoms. The topological polar surface area (TPSA) is 18.5 Å². The van der Waals surface area contributed by atoms with Crippen LogP contribution < -0.4 is 4.74 Å². The smallest absolute Gasteiger partial charge is 0.158 e. The highest BCUT2D eigenvalue weighted by molar-refractivity contribution is 5.66. The molecule has 0 spiro atoms. The zero-order chi connectivity index (χ0) is 17.8. The second-order valence-corrected chi connectivity index (χ2v) is 6.55. The zero-order valence-corrected chi connectivity index (χ0v) is 14.9. The summed E-state index contributed by atoms with van der Waals surface area (Å²) in [6, 6.07) is 29.2. The number of rotatable bonds is 4. The van der Waals surface area contributed by atoms with Gasteiger partial charge in [-0.3, -0.25) is 0 Å². The highest BCUT2D eigenvalue weighted by Gasteiger charge is 2.38. The molecule has 0 aromatic heterocycles. The average Bonchev–Trinajstić information content (AvgIpc) is 2.75. The van der Waals surface area contributed by atoms with Crippen LogP contribution in [0.1, 0.15) is 29.5 Å². The van der Waals surface area contributed by atoms with Crippen LogP contribution >= 0.6 is 0 Å². The maximum absolute atomic E-state index is 6.47. The van der Waals surface area contributed by atoms with Crippen molar-refractivity contribution >= 4 is 5.57 Å².